The van der Waals surface area contributed by atoms with Gasteiger partial charge in [0, 0.05) is 29.3 Å². The summed E-state index contributed by atoms with van der Waals surface area (Å²) in [7, 11) is 0. The average molecular weight is 342 g/mol. The van der Waals surface area contributed by atoms with E-state index in [1.165, 1.54) is 5.56 Å². The molecule has 1 amide bonds. The number of anilines is 1. The molecule has 0 radical (unpaired) electrons. The zero-order chi connectivity index (χ0) is 15.8. The van der Waals surface area contributed by atoms with Crippen molar-refractivity contribution >= 4 is 34.9 Å². The summed E-state index contributed by atoms with van der Waals surface area (Å²) in [6, 6.07) is 15.6. The molecule has 1 unspecified atom stereocenters. The fraction of sp³-hybridized carbons (Fsp3) is 0.211. The van der Waals surface area contributed by atoms with Crippen molar-refractivity contribution < 1.29 is 4.79 Å². The number of benzene rings is 2. The monoisotopic (exact) mass is 341 g/mol. The van der Waals surface area contributed by atoms with Gasteiger partial charge in [0.15, 0.2) is 0 Å². The molecule has 0 spiro atoms. The molecule has 2 heterocycles. The highest BCUT2D eigenvalue weighted by Gasteiger charge is 2.28. The lowest BCUT2D eigenvalue weighted by molar-refractivity contribution is -0.119. The Morgan fingerprint density at radius 2 is 1.92 bits per heavy atom. The minimum absolute atomic E-state index is 0. The van der Waals surface area contributed by atoms with Gasteiger partial charge >= 0.3 is 0 Å². The first-order chi connectivity index (χ1) is 11.2. The van der Waals surface area contributed by atoms with Gasteiger partial charge in [0.05, 0.1) is 6.04 Å². The molecule has 4 rings (SSSR count). The van der Waals surface area contributed by atoms with Crippen LogP contribution >= 0.6 is 12.4 Å². The molecule has 1 aliphatic heterocycles. The van der Waals surface area contributed by atoms with E-state index in [0.717, 1.165) is 35.1 Å². The Hall–Kier alpha value is -2.30. The third kappa shape index (κ3) is 2.79. The van der Waals surface area contributed by atoms with Crippen LogP contribution in [0.3, 0.4) is 0 Å². The molecular weight excluding hydrogens is 322 g/mol. The van der Waals surface area contributed by atoms with Crippen LogP contribution in [0.4, 0.5) is 5.69 Å². The van der Waals surface area contributed by atoms with E-state index < -0.39 is 6.04 Å². The number of rotatable bonds is 3. The lowest BCUT2D eigenvalue weighted by atomic mass is 10.0. The predicted molar refractivity (Wildman–Crippen MR) is 99.7 cm³/mol. The van der Waals surface area contributed by atoms with Gasteiger partial charge in [-0.15, -0.1) is 12.4 Å². The Morgan fingerprint density at radius 1 is 1.17 bits per heavy atom. The number of fused-ring (bicyclic) bond motifs is 2. The number of nitrogens with zero attached hydrogens (tertiary/aromatic N) is 1. The Bertz CT molecular complexity index is 874. The molecule has 3 aromatic rings. The van der Waals surface area contributed by atoms with Crippen molar-refractivity contribution in [1.29, 1.82) is 0 Å². The predicted octanol–water partition coefficient (Wildman–Crippen LogP) is 3.05. The van der Waals surface area contributed by atoms with Gasteiger partial charge in [0.2, 0.25) is 5.91 Å². The number of halogens is 1. The lowest BCUT2D eigenvalue weighted by Crippen LogP contribution is -2.44. The number of hydrogen-bond acceptors (Lipinski definition) is 2. The van der Waals surface area contributed by atoms with Gasteiger partial charge in [-0.05, 0) is 36.1 Å². The average Bonchev–Trinajstić information content (AvgIpc) is 3.19. The van der Waals surface area contributed by atoms with E-state index in [1.807, 2.05) is 47.5 Å². The summed E-state index contributed by atoms with van der Waals surface area (Å²) in [6.45, 7) is 0.722. The van der Waals surface area contributed by atoms with Crippen molar-refractivity contribution in [3.63, 3.8) is 0 Å². The third-order valence-corrected chi connectivity index (χ3v) is 4.59. The summed E-state index contributed by atoms with van der Waals surface area (Å²) >= 11 is 0. The molecular formula is C19H20ClN3O. The zero-order valence-electron chi connectivity index (χ0n) is 13.2. The summed E-state index contributed by atoms with van der Waals surface area (Å²) in [5, 5.41) is 1.14. The molecule has 1 aromatic heterocycles. The first-order valence-electron chi connectivity index (χ1n) is 7.94. The van der Waals surface area contributed by atoms with E-state index >= 15 is 0 Å². The maximum Gasteiger partial charge on any atom is 0.244 e. The quantitative estimate of drug-likeness (QED) is 0.769. The molecule has 0 saturated carbocycles. The maximum atomic E-state index is 12.8. The number of nitrogens with two attached hydrogens (primary N) is 1. The third-order valence-electron chi connectivity index (χ3n) is 4.59. The molecule has 5 heteroatoms. The molecule has 0 aliphatic carbocycles. The fourth-order valence-corrected chi connectivity index (χ4v) is 3.39. The minimum Gasteiger partial charge on any atom is -0.361 e. The summed E-state index contributed by atoms with van der Waals surface area (Å²) in [4.78, 5) is 17.8. The van der Waals surface area contributed by atoms with E-state index in [-0.39, 0.29) is 18.3 Å². The summed E-state index contributed by atoms with van der Waals surface area (Å²) in [5.41, 5.74) is 10.6. The standard InChI is InChI=1S/C19H19N3O.ClH/c20-16(11-14-12-21-17-7-3-2-6-15(14)17)19(23)22-10-9-13-5-1-4-8-18(13)22;/h1-8,12,16,21H,9-11,20H2;1H. The van der Waals surface area contributed by atoms with Crippen LogP contribution < -0.4 is 10.6 Å². The van der Waals surface area contributed by atoms with E-state index in [2.05, 4.69) is 17.1 Å². The second-order valence-electron chi connectivity index (χ2n) is 6.04. The SMILES string of the molecule is Cl.NC(Cc1c[nH]c2ccccc12)C(=O)N1CCc2ccccc21. The van der Waals surface area contributed by atoms with Crippen molar-refractivity contribution in [1.82, 2.24) is 4.98 Å². The number of carbonyl (C=O) groups is 1. The molecule has 0 fully saturated rings. The summed E-state index contributed by atoms with van der Waals surface area (Å²) in [5.74, 6) is 0.000214. The normalized spacial score (nSPS) is 14.3. The molecule has 1 aliphatic rings. The van der Waals surface area contributed by atoms with Crippen molar-refractivity contribution in [3.05, 3.63) is 65.9 Å². The Kier molecular flexibility index (Phi) is 4.60. The topological polar surface area (TPSA) is 62.1 Å². The summed E-state index contributed by atoms with van der Waals surface area (Å²) < 4.78 is 0. The molecule has 0 bridgehead atoms. The van der Waals surface area contributed by atoms with Crippen LogP contribution in [0.5, 0.6) is 0 Å². The first-order valence-corrected chi connectivity index (χ1v) is 7.94. The van der Waals surface area contributed by atoms with Crippen LogP contribution in [-0.4, -0.2) is 23.5 Å². The van der Waals surface area contributed by atoms with E-state index in [1.54, 1.807) is 0 Å². The van der Waals surface area contributed by atoms with Crippen molar-refractivity contribution in [3.8, 4) is 0 Å². The molecule has 1 atom stereocenters. The van der Waals surface area contributed by atoms with Crippen LogP contribution in [0.25, 0.3) is 10.9 Å². The van der Waals surface area contributed by atoms with E-state index in [4.69, 9.17) is 5.73 Å². The van der Waals surface area contributed by atoms with Gasteiger partial charge < -0.3 is 15.6 Å². The van der Waals surface area contributed by atoms with E-state index in [0.29, 0.717) is 6.42 Å². The molecule has 2 aromatic carbocycles. The number of amides is 1. The number of nitrogens with one attached hydrogen (secondary N) is 1. The van der Waals surface area contributed by atoms with E-state index in [9.17, 15) is 4.79 Å². The lowest BCUT2D eigenvalue weighted by Gasteiger charge is -2.21. The fourth-order valence-electron chi connectivity index (χ4n) is 3.39. The largest absolute Gasteiger partial charge is 0.361 e. The van der Waals surface area contributed by atoms with Crippen LogP contribution in [0.2, 0.25) is 0 Å². The Balaban J connectivity index is 0.00000169. The molecule has 0 saturated heterocycles. The van der Waals surface area contributed by atoms with Gasteiger partial charge in [-0.1, -0.05) is 36.4 Å². The smallest absolute Gasteiger partial charge is 0.244 e. The van der Waals surface area contributed by atoms with Crippen LogP contribution in [0.1, 0.15) is 11.1 Å². The number of carbonyl (C=O) groups excluding carboxylic acids is 1. The number of H-pyrrole nitrogens is 1. The second-order valence-corrected chi connectivity index (χ2v) is 6.04. The highest BCUT2D eigenvalue weighted by Crippen LogP contribution is 2.28. The highest BCUT2D eigenvalue weighted by atomic mass is 35.5. The molecule has 124 valence electrons. The van der Waals surface area contributed by atoms with Gasteiger partial charge in [0.1, 0.15) is 0 Å². The zero-order valence-corrected chi connectivity index (χ0v) is 14.1. The number of para-hydroxylation sites is 2. The van der Waals surface area contributed by atoms with Crippen LogP contribution in [0, 0.1) is 0 Å². The van der Waals surface area contributed by atoms with Gasteiger partial charge in [-0.2, -0.15) is 0 Å². The second kappa shape index (κ2) is 6.67. The van der Waals surface area contributed by atoms with Crippen molar-refractivity contribution in [2.75, 3.05) is 11.4 Å². The molecule has 24 heavy (non-hydrogen) atoms. The van der Waals surface area contributed by atoms with Crippen LogP contribution in [0.15, 0.2) is 54.7 Å². The highest BCUT2D eigenvalue weighted by molar-refractivity contribution is 5.99. The molecule has 3 N–H and O–H groups in total. The number of hydrogen-bond donors (Lipinski definition) is 2. The maximum absolute atomic E-state index is 12.8. The number of aromatic amines is 1. The van der Waals surface area contributed by atoms with Crippen molar-refractivity contribution in [2.24, 2.45) is 5.73 Å². The first kappa shape index (κ1) is 16.6. The van der Waals surface area contributed by atoms with Gasteiger partial charge in [-0.25, -0.2) is 0 Å². The summed E-state index contributed by atoms with van der Waals surface area (Å²) in [6.07, 6.45) is 3.40. The van der Waals surface area contributed by atoms with Crippen molar-refractivity contribution in [2.45, 2.75) is 18.9 Å². The molecule has 4 nitrogen and oxygen atoms in total. The van der Waals surface area contributed by atoms with Crippen LogP contribution in [-0.2, 0) is 17.6 Å². The minimum atomic E-state index is -0.527. The Morgan fingerprint density at radius 3 is 2.79 bits per heavy atom. The Labute approximate surface area is 147 Å². The van der Waals surface area contributed by atoms with Gasteiger partial charge in [0.25, 0.3) is 0 Å². The number of aromatic nitrogens is 1. The van der Waals surface area contributed by atoms with Gasteiger partial charge in [-0.3, -0.25) is 4.79 Å².